The highest BCUT2D eigenvalue weighted by Gasteiger charge is 2.15. The van der Waals surface area contributed by atoms with Gasteiger partial charge in [0.2, 0.25) is 5.09 Å². The largest absolute Gasteiger partial charge is 0.452 e. The van der Waals surface area contributed by atoms with Crippen molar-refractivity contribution in [1.29, 1.82) is 0 Å². The Labute approximate surface area is 83.5 Å². The quantitative estimate of drug-likeness (QED) is 0.668. The van der Waals surface area contributed by atoms with Crippen LogP contribution >= 0.6 is 0 Å². The molecule has 1 aromatic heterocycles. The Kier molecular flexibility index (Phi) is 4.12. The predicted molar refractivity (Wildman–Crippen MR) is 52.4 cm³/mol. The fourth-order valence-corrected chi connectivity index (χ4v) is 1.89. The molecule has 14 heavy (non-hydrogen) atoms. The van der Waals surface area contributed by atoms with Gasteiger partial charge in [-0.3, -0.25) is 0 Å². The third-order valence-corrected chi connectivity index (χ3v) is 2.95. The van der Waals surface area contributed by atoms with Crippen molar-refractivity contribution in [2.45, 2.75) is 12.0 Å². The average Bonchev–Trinajstić information content (AvgIpc) is 2.65. The maximum Gasteiger partial charge on any atom is 0.273 e. The molecular weight excluding hydrogens is 204 g/mol. The number of sulfonamides is 1. The van der Waals surface area contributed by atoms with Gasteiger partial charge in [0.15, 0.2) is 0 Å². The summed E-state index contributed by atoms with van der Waals surface area (Å²) in [5, 5.41) is 2.96. The van der Waals surface area contributed by atoms with Gasteiger partial charge in [-0.15, -0.1) is 0 Å². The Morgan fingerprint density at radius 3 is 2.79 bits per heavy atom. The SMILES string of the molecule is CCNCCNS(=O)(=O)c1ccco1. The lowest BCUT2D eigenvalue weighted by Crippen LogP contribution is -2.31. The van der Waals surface area contributed by atoms with Crippen molar-refractivity contribution >= 4 is 10.0 Å². The Morgan fingerprint density at radius 1 is 1.43 bits per heavy atom. The zero-order valence-electron chi connectivity index (χ0n) is 7.99. The maximum absolute atomic E-state index is 11.4. The van der Waals surface area contributed by atoms with Gasteiger partial charge in [0.05, 0.1) is 6.26 Å². The number of rotatable bonds is 6. The number of likely N-dealkylation sites (N-methyl/N-ethyl adjacent to an activating group) is 1. The second-order valence-electron chi connectivity index (χ2n) is 2.68. The van der Waals surface area contributed by atoms with Crippen molar-refractivity contribution in [2.75, 3.05) is 19.6 Å². The second kappa shape index (κ2) is 5.14. The summed E-state index contributed by atoms with van der Waals surface area (Å²) in [4.78, 5) is 0. The van der Waals surface area contributed by atoms with E-state index in [0.29, 0.717) is 13.1 Å². The van der Waals surface area contributed by atoms with Gasteiger partial charge in [-0.05, 0) is 18.7 Å². The molecule has 1 rings (SSSR count). The molecule has 0 atom stereocenters. The summed E-state index contributed by atoms with van der Waals surface area (Å²) in [5.74, 6) is 0. The zero-order chi connectivity index (χ0) is 10.4. The van der Waals surface area contributed by atoms with Crippen LogP contribution in [0.2, 0.25) is 0 Å². The number of hydrogen-bond acceptors (Lipinski definition) is 4. The fraction of sp³-hybridized carbons (Fsp3) is 0.500. The molecule has 0 spiro atoms. The van der Waals surface area contributed by atoms with Crippen molar-refractivity contribution in [3.05, 3.63) is 18.4 Å². The van der Waals surface area contributed by atoms with E-state index in [0.717, 1.165) is 6.54 Å². The first-order valence-electron chi connectivity index (χ1n) is 4.40. The molecule has 5 nitrogen and oxygen atoms in total. The Bertz CT molecular complexity index is 345. The molecule has 0 saturated heterocycles. The Balaban J connectivity index is 2.44. The van der Waals surface area contributed by atoms with E-state index in [1.807, 2.05) is 6.92 Å². The summed E-state index contributed by atoms with van der Waals surface area (Å²) in [7, 11) is -3.45. The first-order valence-corrected chi connectivity index (χ1v) is 5.89. The summed E-state index contributed by atoms with van der Waals surface area (Å²) < 4.78 is 30.0. The highest BCUT2D eigenvalue weighted by Crippen LogP contribution is 2.07. The van der Waals surface area contributed by atoms with Gasteiger partial charge in [-0.25, -0.2) is 13.1 Å². The summed E-state index contributed by atoms with van der Waals surface area (Å²) in [6.07, 6.45) is 1.33. The molecule has 1 heterocycles. The fourth-order valence-electron chi connectivity index (χ4n) is 0.938. The number of hydrogen-bond donors (Lipinski definition) is 2. The highest BCUT2D eigenvalue weighted by atomic mass is 32.2. The molecule has 0 bridgehead atoms. The first-order chi connectivity index (χ1) is 6.67. The van der Waals surface area contributed by atoms with Crippen molar-refractivity contribution in [3.63, 3.8) is 0 Å². The molecule has 0 radical (unpaired) electrons. The van der Waals surface area contributed by atoms with Gasteiger partial charge < -0.3 is 9.73 Å². The van der Waals surface area contributed by atoms with E-state index in [1.54, 1.807) is 6.07 Å². The summed E-state index contributed by atoms with van der Waals surface area (Å²) in [6, 6.07) is 2.95. The van der Waals surface area contributed by atoms with Crippen LogP contribution in [0.5, 0.6) is 0 Å². The minimum atomic E-state index is -3.45. The van der Waals surface area contributed by atoms with Gasteiger partial charge in [0.1, 0.15) is 0 Å². The molecule has 0 fully saturated rings. The normalized spacial score (nSPS) is 11.8. The van der Waals surface area contributed by atoms with Crippen LogP contribution in [0.4, 0.5) is 0 Å². The highest BCUT2D eigenvalue weighted by molar-refractivity contribution is 7.89. The van der Waals surface area contributed by atoms with E-state index in [-0.39, 0.29) is 5.09 Å². The summed E-state index contributed by atoms with van der Waals surface area (Å²) in [6.45, 7) is 3.75. The lowest BCUT2D eigenvalue weighted by atomic mass is 10.6. The molecular formula is C8H14N2O3S. The van der Waals surface area contributed by atoms with Gasteiger partial charge in [0, 0.05) is 13.1 Å². The van der Waals surface area contributed by atoms with Gasteiger partial charge in [0.25, 0.3) is 10.0 Å². The van der Waals surface area contributed by atoms with Crippen LogP contribution in [0.1, 0.15) is 6.92 Å². The molecule has 1 aromatic rings. The third-order valence-electron chi connectivity index (χ3n) is 1.60. The molecule has 0 amide bonds. The van der Waals surface area contributed by atoms with Gasteiger partial charge in [-0.2, -0.15) is 0 Å². The van der Waals surface area contributed by atoms with Crippen LogP contribution < -0.4 is 10.0 Å². The summed E-state index contributed by atoms with van der Waals surface area (Å²) in [5.41, 5.74) is 0. The molecule has 0 aliphatic carbocycles. The molecule has 0 saturated carbocycles. The van der Waals surface area contributed by atoms with Crippen molar-refractivity contribution in [1.82, 2.24) is 10.0 Å². The smallest absolute Gasteiger partial charge is 0.273 e. The standard InChI is InChI=1S/C8H14N2O3S/c1-2-9-5-6-10-14(11,12)8-4-3-7-13-8/h3-4,7,9-10H,2,5-6H2,1H3. The van der Waals surface area contributed by atoms with Crippen LogP contribution in [-0.4, -0.2) is 28.1 Å². The Morgan fingerprint density at radius 2 is 2.21 bits per heavy atom. The maximum atomic E-state index is 11.4. The zero-order valence-corrected chi connectivity index (χ0v) is 8.80. The Hall–Kier alpha value is -0.850. The number of furan rings is 1. The number of nitrogens with one attached hydrogen (secondary N) is 2. The molecule has 0 aliphatic rings. The molecule has 80 valence electrons. The van der Waals surface area contributed by atoms with Crippen molar-refractivity contribution in [2.24, 2.45) is 0 Å². The van der Waals surface area contributed by atoms with Crippen LogP contribution in [-0.2, 0) is 10.0 Å². The second-order valence-corrected chi connectivity index (χ2v) is 4.38. The van der Waals surface area contributed by atoms with Gasteiger partial charge in [-0.1, -0.05) is 6.92 Å². The molecule has 0 aliphatic heterocycles. The lowest BCUT2D eigenvalue weighted by molar-refractivity contribution is 0.445. The van der Waals surface area contributed by atoms with E-state index in [4.69, 9.17) is 4.42 Å². The van der Waals surface area contributed by atoms with Crippen molar-refractivity contribution in [3.8, 4) is 0 Å². The topological polar surface area (TPSA) is 71.3 Å². The molecule has 0 unspecified atom stereocenters. The average molecular weight is 218 g/mol. The minimum absolute atomic E-state index is 0.0472. The van der Waals surface area contributed by atoms with Gasteiger partial charge >= 0.3 is 0 Å². The monoisotopic (exact) mass is 218 g/mol. The first kappa shape index (κ1) is 11.2. The van der Waals surface area contributed by atoms with Crippen molar-refractivity contribution < 1.29 is 12.8 Å². The third kappa shape index (κ3) is 3.13. The van der Waals surface area contributed by atoms with Crippen LogP contribution in [0, 0.1) is 0 Å². The van der Waals surface area contributed by atoms with E-state index in [9.17, 15) is 8.42 Å². The molecule has 0 aromatic carbocycles. The summed E-state index contributed by atoms with van der Waals surface area (Å²) >= 11 is 0. The van der Waals surface area contributed by atoms with E-state index in [1.165, 1.54) is 12.3 Å². The minimum Gasteiger partial charge on any atom is -0.452 e. The molecule has 2 N–H and O–H groups in total. The molecule has 6 heteroatoms. The van der Waals surface area contributed by atoms with Crippen LogP contribution in [0.3, 0.4) is 0 Å². The van der Waals surface area contributed by atoms with E-state index >= 15 is 0 Å². The van der Waals surface area contributed by atoms with Crippen LogP contribution in [0.15, 0.2) is 27.9 Å². The predicted octanol–water partition coefficient (Wildman–Crippen LogP) is 0.167. The van der Waals surface area contributed by atoms with Crippen LogP contribution in [0.25, 0.3) is 0 Å². The van der Waals surface area contributed by atoms with E-state index in [2.05, 4.69) is 10.0 Å². The van der Waals surface area contributed by atoms with E-state index < -0.39 is 10.0 Å². The lowest BCUT2D eigenvalue weighted by Gasteiger charge is -2.03.